The number of anilines is 1. The Bertz CT molecular complexity index is 526. The van der Waals surface area contributed by atoms with Gasteiger partial charge in [-0.25, -0.2) is 4.98 Å². The van der Waals surface area contributed by atoms with Gasteiger partial charge in [-0.15, -0.1) is 0 Å². The van der Waals surface area contributed by atoms with Crippen molar-refractivity contribution in [3.8, 4) is 5.88 Å². The zero-order valence-corrected chi connectivity index (χ0v) is 11.0. The Balaban J connectivity index is 1.98. The van der Waals surface area contributed by atoms with Gasteiger partial charge in [0.25, 0.3) is 0 Å². The summed E-state index contributed by atoms with van der Waals surface area (Å²) >= 11 is 0. The predicted octanol–water partition coefficient (Wildman–Crippen LogP) is 2.15. The smallest absolute Gasteiger partial charge is 0.226 e. The largest absolute Gasteiger partial charge is 0.481 e. The lowest BCUT2D eigenvalue weighted by Gasteiger charge is -2.08. The second kappa shape index (κ2) is 6.15. The van der Waals surface area contributed by atoms with Crippen LogP contribution in [0.1, 0.15) is 24.2 Å². The Kier molecular flexibility index (Phi) is 4.30. The van der Waals surface area contributed by atoms with Crippen molar-refractivity contribution < 1.29 is 9.84 Å². The Morgan fingerprint density at radius 2 is 2.00 bits per heavy atom. The van der Waals surface area contributed by atoms with E-state index >= 15 is 0 Å². The molecule has 0 aliphatic rings. The second-order valence-electron chi connectivity index (χ2n) is 4.19. The Labute approximate surface area is 112 Å². The van der Waals surface area contributed by atoms with Crippen molar-refractivity contribution in [1.82, 2.24) is 9.97 Å². The average Bonchev–Trinajstić information content (AvgIpc) is 2.46. The molecular weight excluding hydrogens is 242 g/mol. The summed E-state index contributed by atoms with van der Waals surface area (Å²) in [5, 5.41) is 12.6. The molecule has 5 nitrogen and oxygen atoms in total. The number of aromatic nitrogens is 2. The van der Waals surface area contributed by atoms with Gasteiger partial charge >= 0.3 is 0 Å². The summed E-state index contributed by atoms with van der Waals surface area (Å²) in [6.07, 6.45) is 1.20. The van der Waals surface area contributed by atoms with Gasteiger partial charge in [0.1, 0.15) is 0 Å². The minimum atomic E-state index is -0.441. The van der Waals surface area contributed by atoms with Gasteiger partial charge in [0.15, 0.2) is 0 Å². The number of hydrogen-bond acceptors (Lipinski definition) is 5. The monoisotopic (exact) mass is 259 g/mol. The molecular formula is C14H17N3O2. The maximum Gasteiger partial charge on any atom is 0.226 e. The van der Waals surface area contributed by atoms with Crippen LogP contribution in [-0.2, 0) is 6.54 Å². The van der Waals surface area contributed by atoms with Gasteiger partial charge in [-0.05, 0) is 18.1 Å². The molecule has 19 heavy (non-hydrogen) atoms. The minimum absolute atomic E-state index is 0.441. The number of nitrogens with one attached hydrogen (secondary N) is 1. The molecule has 0 aliphatic carbocycles. The maximum atomic E-state index is 9.43. The molecule has 0 amide bonds. The van der Waals surface area contributed by atoms with Gasteiger partial charge in [0.2, 0.25) is 11.8 Å². The number of aliphatic hydroxyl groups excluding tert-OH is 1. The standard InChI is InChI=1S/C14H17N3O2/c1-10(18)12-5-3-11(4-6-12)9-16-14-15-8-7-13(17-14)19-2/h3-8,10,18H,9H2,1-2H3,(H,15,16,17)/t10-/m1/s1. The number of ether oxygens (including phenoxy) is 1. The van der Waals surface area contributed by atoms with Gasteiger partial charge < -0.3 is 15.2 Å². The van der Waals surface area contributed by atoms with Gasteiger partial charge in [-0.1, -0.05) is 24.3 Å². The molecule has 0 aliphatic heterocycles. The van der Waals surface area contributed by atoms with Gasteiger partial charge in [0.05, 0.1) is 13.2 Å². The van der Waals surface area contributed by atoms with E-state index in [1.165, 1.54) is 0 Å². The molecule has 0 saturated heterocycles. The number of hydrogen-bond donors (Lipinski definition) is 2. The minimum Gasteiger partial charge on any atom is -0.481 e. The highest BCUT2D eigenvalue weighted by Crippen LogP contribution is 2.14. The fourth-order valence-corrected chi connectivity index (χ4v) is 1.64. The molecule has 0 spiro atoms. The van der Waals surface area contributed by atoms with Crippen molar-refractivity contribution in [2.45, 2.75) is 19.6 Å². The van der Waals surface area contributed by atoms with Crippen LogP contribution in [0, 0.1) is 0 Å². The molecule has 0 unspecified atom stereocenters. The lowest BCUT2D eigenvalue weighted by Crippen LogP contribution is -2.04. The van der Waals surface area contributed by atoms with Crippen molar-refractivity contribution in [3.05, 3.63) is 47.7 Å². The maximum absolute atomic E-state index is 9.43. The van der Waals surface area contributed by atoms with Crippen LogP contribution >= 0.6 is 0 Å². The van der Waals surface area contributed by atoms with Crippen LogP contribution in [0.25, 0.3) is 0 Å². The fraction of sp³-hybridized carbons (Fsp3) is 0.286. The SMILES string of the molecule is COc1ccnc(NCc2ccc([C@@H](C)O)cc2)n1. The highest BCUT2D eigenvalue weighted by Gasteiger charge is 2.01. The first kappa shape index (κ1) is 13.3. The molecule has 1 heterocycles. The van der Waals surface area contributed by atoms with Crippen LogP contribution in [-0.4, -0.2) is 22.2 Å². The summed E-state index contributed by atoms with van der Waals surface area (Å²) in [6.45, 7) is 2.37. The zero-order chi connectivity index (χ0) is 13.7. The van der Waals surface area contributed by atoms with E-state index < -0.39 is 6.10 Å². The van der Waals surface area contributed by atoms with E-state index in [0.29, 0.717) is 18.4 Å². The number of methoxy groups -OCH3 is 1. The lowest BCUT2D eigenvalue weighted by molar-refractivity contribution is 0.199. The van der Waals surface area contributed by atoms with Crippen molar-refractivity contribution in [1.29, 1.82) is 0 Å². The van der Waals surface area contributed by atoms with Crippen LogP contribution in [0.15, 0.2) is 36.5 Å². The molecule has 2 rings (SSSR count). The van der Waals surface area contributed by atoms with Crippen LogP contribution in [0.5, 0.6) is 5.88 Å². The van der Waals surface area contributed by atoms with Gasteiger partial charge in [0, 0.05) is 18.8 Å². The molecule has 0 fully saturated rings. The van der Waals surface area contributed by atoms with Crippen LogP contribution < -0.4 is 10.1 Å². The molecule has 1 aromatic heterocycles. The van der Waals surface area contributed by atoms with E-state index in [1.54, 1.807) is 26.3 Å². The molecule has 2 aromatic rings. The fourth-order valence-electron chi connectivity index (χ4n) is 1.64. The topological polar surface area (TPSA) is 67.3 Å². The van der Waals surface area contributed by atoms with Crippen LogP contribution in [0.3, 0.4) is 0 Å². The number of nitrogens with zero attached hydrogens (tertiary/aromatic N) is 2. The van der Waals surface area contributed by atoms with Crippen molar-refractivity contribution >= 4 is 5.95 Å². The summed E-state index contributed by atoms with van der Waals surface area (Å²) in [7, 11) is 1.57. The molecule has 1 atom stereocenters. The molecule has 1 aromatic carbocycles. The quantitative estimate of drug-likeness (QED) is 0.861. The summed E-state index contributed by atoms with van der Waals surface area (Å²) in [4.78, 5) is 8.27. The van der Waals surface area contributed by atoms with Gasteiger partial charge in [-0.2, -0.15) is 4.98 Å². The Morgan fingerprint density at radius 3 is 2.63 bits per heavy atom. The highest BCUT2D eigenvalue weighted by molar-refractivity contribution is 5.31. The lowest BCUT2D eigenvalue weighted by atomic mass is 10.1. The summed E-state index contributed by atoms with van der Waals surface area (Å²) in [5.41, 5.74) is 2.00. The van der Waals surface area contributed by atoms with Crippen molar-refractivity contribution in [2.75, 3.05) is 12.4 Å². The first-order chi connectivity index (χ1) is 9.19. The van der Waals surface area contributed by atoms with E-state index in [9.17, 15) is 5.11 Å². The normalized spacial score (nSPS) is 11.9. The number of rotatable bonds is 5. The van der Waals surface area contributed by atoms with Crippen LogP contribution in [0.4, 0.5) is 5.95 Å². The number of benzene rings is 1. The van der Waals surface area contributed by atoms with Crippen molar-refractivity contribution in [3.63, 3.8) is 0 Å². The van der Waals surface area contributed by atoms with E-state index in [-0.39, 0.29) is 0 Å². The first-order valence-electron chi connectivity index (χ1n) is 6.07. The third kappa shape index (κ3) is 3.66. The molecule has 0 radical (unpaired) electrons. The van der Waals surface area contributed by atoms with E-state index in [2.05, 4.69) is 15.3 Å². The number of aliphatic hydroxyl groups is 1. The highest BCUT2D eigenvalue weighted by atomic mass is 16.5. The molecule has 5 heteroatoms. The first-order valence-corrected chi connectivity index (χ1v) is 6.07. The zero-order valence-electron chi connectivity index (χ0n) is 11.0. The molecule has 2 N–H and O–H groups in total. The van der Waals surface area contributed by atoms with Gasteiger partial charge in [-0.3, -0.25) is 0 Å². The Morgan fingerprint density at radius 1 is 1.26 bits per heavy atom. The molecule has 0 saturated carbocycles. The van der Waals surface area contributed by atoms with E-state index in [4.69, 9.17) is 4.74 Å². The predicted molar refractivity (Wildman–Crippen MR) is 73.0 cm³/mol. The van der Waals surface area contributed by atoms with Crippen molar-refractivity contribution in [2.24, 2.45) is 0 Å². The summed E-state index contributed by atoms with van der Waals surface area (Å²) in [5.74, 6) is 1.06. The summed E-state index contributed by atoms with van der Waals surface area (Å²) < 4.78 is 5.03. The van der Waals surface area contributed by atoms with E-state index in [0.717, 1.165) is 11.1 Å². The van der Waals surface area contributed by atoms with E-state index in [1.807, 2.05) is 24.3 Å². The van der Waals surface area contributed by atoms with Crippen LogP contribution in [0.2, 0.25) is 0 Å². The second-order valence-corrected chi connectivity index (χ2v) is 4.19. The third-order valence-corrected chi connectivity index (χ3v) is 2.75. The summed E-state index contributed by atoms with van der Waals surface area (Å²) in [6, 6.07) is 9.45. The molecule has 100 valence electrons. The third-order valence-electron chi connectivity index (χ3n) is 2.75. The molecule has 0 bridgehead atoms. The average molecular weight is 259 g/mol. The Hall–Kier alpha value is -2.14.